The molecule has 2 aromatic carbocycles. The Hall–Kier alpha value is -1.54. The maximum absolute atomic E-state index is 5.92. The third kappa shape index (κ3) is 5.52. The SMILES string of the molecule is c1ccc2cc(OCCCCCCN3CCCCCC3)ccc2c1. The monoisotopic (exact) mass is 325 g/mol. The average Bonchev–Trinajstić information content (AvgIpc) is 2.89. The molecule has 0 spiro atoms. The first-order chi connectivity index (χ1) is 11.9. The third-order valence-electron chi connectivity index (χ3n) is 5.06. The van der Waals surface area contributed by atoms with Gasteiger partial charge in [0.2, 0.25) is 0 Å². The van der Waals surface area contributed by atoms with Gasteiger partial charge >= 0.3 is 0 Å². The summed E-state index contributed by atoms with van der Waals surface area (Å²) >= 11 is 0. The lowest BCUT2D eigenvalue weighted by molar-refractivity contribution is 0.272. The number of hydrogen-bond acceptors (Lipinski definition) is 2. The minimum absolute atomic E-state index is 0.835. The Morgan fingerprint density at radius 1 is 0.750 bits per heavy atom. The summed E-state index contributed by atoms with van der Waals surface area (Å²) in [4.78, 5) is 2.67. The lowest BCUT2D eigenvalue weighted by Crippen LogP contribution is -2.25. The van der Waals surface area contributed by atoms with Crippen molar-refractivity contribution in [3.63, 3.8) is 0 Å². The molecule has 2 heteroatoms. The van der Waals surface area contributed by atoms with Gasteiger partial charge in [0.25, 0.3) is 0 Å². The zero-order chi connectivity index (χ0) is 16.5. The number of nitrogens with zero attached hydrogens (tertiary/aromatic N) is 1. The van der Waals surface area contributed by atoms with Gasteiger partial charge in [-0.1, -0.05) is 56.0 Å². The maximum Gasteiger partial charge on any atom is 0.119 e. The van der Waals surface area contributed by atoms with Crippen LogP contribution in [0.15, 0.2) is 42.5 Å². The fourth-order valence-corrected chi connectivity index (χ4v) is 3.60. The summed E-state index contributed by atoms with van der Waals surface area (Å²) in [6.07, 6.45) is 10.8. The molecule has 0 unspecified atom stereocenters. The van der Waals surface area contributed by atoms with Gasteiger partial charge in [-0.25, -0.2) is 0 Å². The third-order valence-corrected chi connectivity index (χ3v) is 5.06. The van der Waals surface area contributed by atoms with Crippen LogP contribution in [0.2, 0.25) is 0 Å². The van der Waals surface area contributed by atoms with Crippen molar-refractivity contribution in [1.82, 2.24) is 4.90 Å². The second kappa shape index (κ2) is 9.68. The zero-order valence-electron chi connectivity index (χ0n) is 14.9. The van der Waals surface area contributed by atoms with E-state index in [9.17, 15) is 0 Å². The molecule has 0 aromatic heterocycles. The second-order valence-electron chi connectivity index (χ2n) is 7.03. The Labute approximate surface area is 146 Å². The number of fused-ring (bicyclic) bond motifs is 1. The molecule has 1 aliphatic rings. The van der Waals surface area contributed by atoms with Gasteiger partial charge in [-0.2, -0.15) is 0 Å². The summed E-state index contributed by atoms with van der Waals surface area (Å²) in [5, 5.41) is 2.53. The van der Waals surface area contributed by atoms with Crippen molar-refractivity contribution in [3.8, 4) is 5.75 Å². The van der Waals surface area contributed by atoms with Gasteiger partial charge < -0.3 is 9.64 Å². The minimum atomic E-state index is 0.835. The fourth-order valence-electron chi connectivity index (χ4n) is 3.60. The summed E-state index contributed by atoms with van der Waals surface area (Å²) in [5.74, 6) is 0.998. The molecular weight excluding hydrogens is 294 g/mol. The van der Waals surface area contributed by atoms with Crippen molar-refractivity contribution >= 4 is 10.8 Å². The molecule has 0 bridgehead atoms. The number of ether oxygens (including phenoxy) is 1. The standard InChI is InChI=1S/C22H31NO/c1-2-8-16-23(15-7-1)17-9-3-4-10-18-24-22-14-13-20-11-5-6-12-21(20)19-22/h5-6,11-14,19H,1-4,7-10,15-18H2. The highest BCUT2D eigenvalue weighted by atomic mass is 16.5. The molecule has 1 saturated heterocycles. The van der Waals surface area contributed by atoms with E-state index < -0.39 is 0 Å². The Kier molecular flexibility index (Phi) is 6.97. The molecule has 2 nitrogen and oxygen atoms in total. The predicted molar refractivity (Wildman–Crippen MR) is 103 cm³/mol. The molecule has 0 N–H and O–H groups in total. The van der Waals surface area contributed by atoms with Gasteiger partial charge in [-0.15, -0.1) is 0 Å². The first kappa shape index (κ1) is 17.3. The van der Waals surface area contributed by atoms with Crippen LogP contribution >= 0.6 is 0 Å². The number of likely N-dealkylation sites (tertiary alicyclic amines) is 1. The smallest absolute Gasteiger partial charge is 0.119 e. The van der Waals surface area contributed by atoms with Gasteiger partial charge in [-0.05, 0) is 68.2 Å². The second-order valence-corrected chi connectivity index (χ2v) is 7.03. The number of rotatable bonds is 8. The topological polar surface area (TPSA) is 12.5 Å². The van der Waals surface area contributed by atoms with Crippen LogP contribution in [0.3, 0.4) is 0 Å². The molecule has 0 saturated carbocycles. The molecule has 1 aliphatic heterocycles. The van der Waals surface area contributed by atoms with Crippen molar-refractivity contribution in [2.24, 2.45) is 0 Å². The molecule has 0 amide bonds. The minimum Gasteiger partial charge on any atom is -0.494 e. The molecule has 0 radical (unpaired) electrons. The van der Waals surface area contributed by atoms with Crippen molar-refractivity contribution in [2.75, 3.05) is 26.2 Å². The lowest BCUT2D eigenvalue weighted by atomic mass is 10.1. The summed E-state index contributed by atoms with van der Waals surface area (Å²) in [6, 6.07) is 14.8. The van der Waals surface area contributed by atoms with E-state index in [0.717, 1.165) is 18.8 Å². The molecule has 0 atom stereocenters. The van der Waals surface area contributed by atoms with Crippen LogP contribution in [0.5, 0.6) is 5.75 Å². The van der Waals surface area contributed by atoms with Crippen LogP contribution in [0.4, 0.5) is 0 Å². The van der Waals surface area contributed by atoms with Crippen LogP contribution in [0.25, 0.3) is 10.8 Å². The number of unbranched alkanes of at least 4 members (excludes halogenated alkanes) is 3. The van der Waals surface area contributed by atoms with Crippen molar-refractivity contribution in [2.45, 2.75) is 51.4 Å². The van der Waals surface area contributed by atoms with E-state index in [1.165, 1.54) is 75.4 Å². The predicted octanol–water partition coefficient (Wildman–Crippen LogP) is 5.66. The summed E-state index contributed by atoms with van der Waals surface area (Å²) in [7, 11) is 0. The molecular formula is C22H31NO. The first-order valence-corrected chi connectivity index (χ1v) is 9.76. The highest BCUT2D eigenvalue weighted by Gasteiger charge is 2.07. The van der Waals surface area contributed by atoms with Crippen LogP contribution in [0, 0.1) is 0 Å². The zero-order valence-corrected chi connectivity index (χ0v) is 14.9. The molecule has 24 heavy (non-hydrogen) atoms. The highest BCUT2D eigenvalue weighted by Crippen LogP contribution is 2.20. The van der Waals surface area contributed by atoms with Crippen LogP contribution in [-0.2, 0) is 0 Å². The average molecular weight is 325 g/mol. The van der Waals surface area contributed by atoms with Gasteiger partial charge in [0.1, 0.15) is 5.75 Å². The van der Waals surface area contributed by atoms with Gasteiger partial charge in [-0.3, -0.25) is 0 Å². The van der Waals surface area contributed by atoms with E-state index in [0.29, 0.717) is 0 Å². The summed E-state index contributed by atoms with van der Waals surface area (Å²) < 4.78 is 5.92. The van der Waals surface area contributed by atoms with Gasteiger partial charge in [0.15, 0.2) is 0 Å². The maximum atomic E-state index is 5.92. The van der Waals surface area contributed by atoms with Crippen molar-refractivity contribution in [3.05, 3.63) is 42.5 Å². The number of benzene rings is 2. The number of hydrogen-bond donors (Lipinski definition) is 0. The summed E-state index contributed by atoms with van der Waals surface area (Å²) in [6.45, 7) is 4.78. The van der Waals surface area contributed by atoms with E-state index >= 15 is 0 Å². The van der Waals surface area contributed by atoms with Crippen molar-refractivity contribution in [1.29, 1.82) is 0 Å². The van der Waals surface area contributed by atoms with Crippen molar-refractivity contribution < 1.29 is 4.74 Å². The quantitative estimate of drug-likeness (QED) is 0.581. The fraction of sp³-hybridized carbons (Fsp3) is 0.545. The Bertz CT molecular complexity index is 602. The van der Waals surface area contributed by atoms with Crippen LogP contribution in [-0.4, -0.2) is 31.1 Å². The largest absolute Gasteiger partial charge is 0.494 e. The Balaban J connectivity index is 1.28. The Morgan fingerprint density at radius 2 is 1.50 bits per heavy atom. The Morgan fingerprint density at radius 3 is 2.33 bits per heavy atom. The van der Waals surface area contributed by atoms with E-state index in [1.807, 2.05) is 0 Å². The normalized spacial score (nSPS) is 16.2. The molecule has 0 aliphatic carbocycles. The van der Waals surface area contributed by atoms with Crippen LogP contribution in [0.1, 0.15) is 51.4 Å². The molecule has 1 fully saturated rings. The van der Waals surface area contributed by atoms with E-state index in [-0.39, 0.29) is 0 Å². The first-order valence-electron chi connectivity index (χ1n) is 9.76. The summed E-state index contributed by atoms with van der Waals surface area (Å²) in [5.41, 5.74) is 0. The van der Waals surface area contributed by atoms with Gasteiger partial charge in [0, 0.05) is 0 Å². The molecule has 3 rings (SSSR count). The lowest BCUT2D eigenvalue weighted by Gasteiger charge is -2.19. The van der Waals surface area contributed by atoms with Gasteiger partial charge in [0.05, 0.1) is 6.61 Å². The van der Waals surface area contributed by atoms with E-state index in [2.05, 4.69) is 47.4 Å². The molecule has 2 aromatic rings. The van der Waals surface area contributed by atoms with E-state index in [4.69, 9.17) is 4.74 Å². The van der Waals surface area contributed by atoms with Crippen LogP contribution < -0.4 is 4.74 Å². The molecule has 1 heterocycles. The van der Waals surface area contributed by atoms with E-state index in [1.54, 1.807) is 0 Å². The molecule has 130 valence electrons. The highest BCUT2D eigenvalue weighted by molar-refractivity contribution is 5.83.